The average molecular weight is 414 g/mol. The molecule has 2 aliphatic rings. The van der Waals surface area contributed by atoms with Gasteiger partial charge in [-0.05, 0) is 11.5 Å². The summed E-state index contributed by atoms with van der Waals surface area (Å²) >= 11 is 0. The van der Waals surface area contributed by atoms with Crippen LogP contribution in [0.1, 0.15) is 0 Å². The van der Waals surface area contributed by atoms with Gasteiger partial charge in [-0.2, -0.15) is 0 Å². The van der Waals surface area contributed by atoms with Gasteiger partial charge in [-0.3, -0.25) is 0 Å². The van der Waals surface area contributed by atoms with Gasteiger partial charge in [0.2, 0.25) is 0 Å². The van der Waals surface area contributed by atoms with E-state index in [1.165, 1.54) is 0 Å². The number of aliphatic hydroxyl groups excluding tert-OH is 6. The number of hydrogen-bond donors (Lipinski definition) is 6. The average Bonchev–Trinajstić information content (AvgIpc) is 2.98. The monoisotopic (exact) mass is 413 g/mol. The Morgan fingerprint density at radius 1 is 0.840 bits per heavy atom. The van der Waals surface area contributed by atoms with E-state index in [0.29, 0.717) is 0 Å². The minimum Gasteiger partial charge on any atom is -0.870 e. The van der Waals surface area contributed by atoms with E-state index in [-0.39, 0.29) is 17.1 Å². The predicted octanol–water partition coefficient (Wildman–Crippen LogP) is -5.21. The topological polar surface area (TPSA) is 220 Å². The SMILES string of the molecule is O=C1O[C@H](C(O)CO)C([O-])=C1O.O=C1O[C@H](C(O)CO)C([O-])=C1O.[Cu+2]. The van der Waals surface area contributed by atoms with Crippen LogP contribution in [-0.2, 0) is 36.1 Å². The van der Waals surface area contributed by atoms with Crippen molar-refractivity contribution in [3.63, 3.8) is 0 Å². The van der Waals surface area contributed by atoms with Gasteiger partial charge in [0.15, 0.2) is 11.5 Å². The van der Waals surface area contributed by atoms with Gasteiger partial charge < -0.3 is 50.3 Å². The molecule has 0 bridgehead atoms. The van der Waals surface area contributed by atoms with Crippen LogP contribution in [0.3, 0.4) is 0 Å². The fourth-order valence-electron chi connectivity index (χ4n) is 1.62. The Morgan fingerprint density at radius 2 is 1.12 bits per heavy atom. The molecule has 2 rings (SSSR count). The van der Waals surface area contributed by atoms with Crippen LogP contribution in [0.5, 0.6) is 0 Å². The maximum Gasteiger partial charge on any atom is 2.00 e. The zero-order valence-corrected chi connectivity index (χ0v) is 13.1. The van der Waals surface area contributed by atoms with Crippen molar-refractivity contribution in [2.75, 3.05) is 13.2 Å². The van der Waals surface area contributed by atoms with E-state index in [0.717, 1.165) is 0 Å². The minimum absolute atomic E-state index is 0. The summed E-state index contributed by atoms with van der Waals surface area (Å²) in [6.45, 7) is -1.42. The van der Waals surface area contributed by atoms with E-state index in [1.807, 2.05) is 0 Å². The smallest absolute Gasteiger partial charge is 0.870 e. The van der Waals surface area contributed by atoms with Gasteiger partial charge in [-0.15, -0.1) is 0 Å². The standard InChI is InChI=1S/2C6H8O6.Cu/c2*7-1-2(8)5-3(9)4(10)6(11)12-5;/h2*2,5,7-10H,1H2;/q;;+2/p-2/t2*2?,5-;/m11./s1. The number of hydrogen-bond acceptors (Lipinski definition) is 12. The number of cyclic esters (lactones) is 2. The fraction of sp³-hybridized carbons (Fsp3) is 0.500. The van der Waals surface area contributed by atoms with Gasteiger partial charge in [0, 0.05) is 0 Å². The summed E-state index contributed by atoms with van der Waals surface area (Å²) in [5.41, 5.74) is 0. The van der Waals surface area contributed by atoms with Gasteiger partial charge in [0.1, 0.15) is 24.4 Å². The molecule has 0 saturated carbocycles. The van der Waals surface area contributed by atoms with E-state index < -0.39 is 72.6 Å². The van der Waals surface area contributed by atoms with Gasteiger partial charge in [0.25, 0.3) is 0 Å². The van der Waals surface area contributed by atoms with Crippen molar-refractivity contribution >= 4 is 11.9 Å². The molecule has 1 radical (unpaired) electrons. The molecule has 2 unspecified atom stereocenters. The number of esters is 2. The first-order valence-corrected chi connectivity index (χ1v) is 6.35. The van der Waals surface area contributed by atoms with Crippen molar-refractivity contribution in [2.24, 2.45) is 0 Å². The third kappa shape index (κ3) is 4.98. The minimum atomic E-state index is -1.48. The molecular formula is C12H14CuO12. The molecule has 2 aliphatic heterocycles. The number of carbonyl (C=O) groups excluding carboxylic acids is 2. The third-order valence-corrected chi connectivity index (χ3v) is 2.91. The van der Waals surface area contributed by atoms with Crippen LogP contribution in [0.25, 0.3) is 0 Å². The second kappa shape index (κ2) is 9.46. The van der Waals surface area contributed by atoms with E-state index in [2.05, 4.69) is 9.47 Å². The third-order valence-electron chi connectivity index (χ3n) is 2.91. The molecule has 0 aromatic rings. The molecule has 13 heteroatoms. The fourth-order valence-corrected chi connectivity index (χ4v) is 1.62. The quantitative estimate of drug-likeness (QED) is 0.188. The van der Waals surface area contributed by atoms with Crippen LogP contribution in [0, 0.1) is 0 Å². The zero-order valence-electron chi connectivity index (χ0n) is 12.2. The summed E-state index contributed by atoms with van der Waals surface area (Å²) in [6.07, 6.45) is -5.90. The maximum atomic E-state index is 10.8. The predicted molar refractivity (Wildman–Crippen MR) is 65.3 cm³/mol. The first kappa shape index (κ1) is 23.0. The summed E-state index contributed by atoms with van der Waals surface area (Å²) in [5.74, 6) is -6.40. The summed E-state index contributed by atoms with van der Waals surface area (Å²) < 4.78 is 8.51. The Hall–Kier alpha value is -2.02. The van der Waals surface area contributed by atoms with Crippen molar-refractivity contribution in [3.05, 3.63) is 23.0 Å². The largest absolute Gasteiger partial charge is 2.00 e. The van der Waals surface area contributed by atoms with Crippen LogP contribution >= 0.6 is 0 Å². The van der Waals surface area contributed by atoms with Crippen LogP contribution < -0.4 is 10.2 Å². The van der Waals surface area contributed by atoms with Crippen molar-refractivity contribution in [1.29, 1.82) is 0 Å². The first-order chi connectivity index (χ1) is 11.1. The normalized spacial score (nSPS) is 24.8. The molecule has 145 valence electrons. The molecule has 4 atom stereocenters. The molecule has 0 amide bonds. The van der Waals surface area contributed by atoms with Crippen LogP contribution in [0.15, 0.2) is 23.0 Å². The Labute approximate surface area is 150 Å². The molecule has 6 N–H and O–H groups in total. The van der Waals surface area contributed by atoms with E-state index >= 15 is 0 Å². The number of rotatable bonds is 4. The molecule has 0 aromatic carbocycles. The molecule has 0 saturated heterocycles. The number of ether oxygens (including phenoxy) is 2. The van der Waals surface area contributed by atoms with Crippen LogP contribution in [0.4, 0.5) is 0 Å². The Balaban J connectivity index is 0.000000443. The van der Waals surface area contributed by atoms with Crippen molar-refractivity contribution in [3.8, 4) is 0 Å². The second-order valence-corrected chi connectivity index (χ2v) is 4.58. The number of carbonyl (C=O) groups is 2. The summed E-state index contributed by atoms with van der Waals surface area (Å²) in [6, 6.07) is 0. The van der Waals surface area contributed by atoms with Gasteiger partial charge in [-0.25, -0.2) is 9.59 Å². The first-order valence-electron chi connectivity index (χ1n) is 6.35. The van der Waals surface area contributed by atoms with E-state index in [1.54, 1.807) is 0 Å². The zero-order chi connectivity index (χ0) is 18.6. The molecule has 0 spiro atoms. The second-order valence-electron chi connectivity index (χ2n) is 4.58. The molecular weight excluding hydrogens is 400 g/mol. The van der Waals surface area contributed by atoms with Gasteiger partial charge >= 0.3 is 29.0 Å². The molecule has 25 heavy (non-hydrogen) atoms. The molecule has 0 fully saturated rings. The van der Waals surface area contributed by atoms with Crippen molar-refractivity contribution < 1.29 is 77.0 Å². The van der Waals surface area contributed by atoms with Crippen LogP contribution in [-0.4, -0.2) is 80.2 Å². The van der Waals surface area contributed by atoms with Crippen molar-refractivity contribution in [1.82, 2.24) is 0 Å². The van der Waals surface area contributed by atoms with Crippen LogP contribution in [0.2, 0.25) is 0 Å². The Kier molecular flexibility index (Phi) is 8.69. The molecule has 12 nitrogen and oxygen atoms in total. The maximum absolute atomic E-state index is 10.8. The van der Waals surface area contributed by atoms with Crippen molar-refractivity contribution in [2.45, 2.75) is 24.4 Å². The van der Waals surface area contributed by atoms with Gasteiger partial charge in [0.05, 0.1) is 13.2 Å². The Morgan fingerprint density at radius 3 is 1.28 bits per heavy atom. The Bertz CT molecular complexity index is 520. The van der Waals surface area contributed by atoms with Gasteiger partial charge in [-0.1, -0.05) is 0 Å². The van der Waals surface area contributed by atoms with E-state index in [9.17, 15) is 19.8 Å². The summed E-state index contributed by atoms with van der Waals surface area (Å²) in [5, 5.41) is 73.6. The van der Waals surface area contributed by atoms with E-state index in [4.69, 9.17) is 30.6 Å². The summed E-state index contributed by atoms with van der Waals surface area (Å²) in [4.78, 5) is 21.0. The number of aliphatic hydroxyl groups is 6. The molecule has 2 heterocycles. The molecule has 0 aromatic heterocycles. The molecule has 0 aliphatic carbocycles. The summed E-state index contributed by atoms with van der Waals surface area (Å²) in [7, 11) is 0.